The number of ether oxygens (including phenoxy) is 1. The average molecular weight is 323 g/mol. The summed E-state index contributed by atoms with van der Waals surface area (Å²) in [7, 11) is 1.58. The fourth-order valence-corrected chi connectivity index (χ4v) is 2.26. The van der Waals surface area contributed by atoms with E-state index in [1.54, 1.807) is 32.4 Å². The molecule has 6 nitrogen and oxygen atoms in total. The highest BCUT2D eigenvalue weighted by atomic mass is 16.5. The van der Waals surface area contributed by atoms with Gasteiger partial charge in [0, 0.05) is 29.6 Å². The molecule has 0 spiro atoms. The van der Waals surface area contributed by atoms with Crippen molar-refractivity contribution in [3.63, 3.8) is 0 Å². The Hall–Kier alpha value is -3.15. The molecule has 6 heteroatoms. The van der Waals surface area contributed by atoms with Crippen LogP contribution >= 0.6 is 0 Å². The zero-order valence-electron chi connectivity index (χ0n) is 13.7. The second-order valence-electron chi connectivity index (χ2n) is 5.41. The molecule has 0 fully saturated rings. The number of methoxy groups -OCH3 is 1. The predicted molar refractivity (Wildman–Crippen MR) is 90.2 cm³/mol. The third-order valence-electron chi connectivity index (χ3n) is 3.62. The number of amides is 1. The Labute approximate surface area is 139 Å². The largest absolute Gasteiger partial charge is 0.481 e. The van der Waals surface area contributed by atoms with Crippen LogP contribution in [0.2, 0.25) is 0 Å². The Balaban J connectivity index is 1.86. The smallest absolute Gasteiger partial charge is 0.294 e. The lowest BCUT2D eigenvalue weighted by Crippen LogP contribution is -2.12. The van der Waals surface area contributed by atoms with E-state index in [9.17, 15) is 4.79 Å². The molecule has 0 aliphatic rings. The van der Waals surface area contributed by atoms with Gasteiger partial charge in [0.25, 0.3) is 5.91 Å². The van der Waals surface area contributed by atoms with Gasteiger partial charge in [-0.1, -0.05) is 17.3 Å². The Kier molecular flexibility index (Phi) is 4.29. The van der Waals surface area contributed by atoms with Gasteiger partial charge in [-0.3, -0.25) is 4.79 Å². The molecule has 0 bridgehead atoms. The molecule has 0 radical (unpaired) electrons. The van der Waals surface area contributed by atoms with Crippen LogP contribution in [0.4, 0.5) is 5.69 Å². The topological polar surface area (TPSA) is 77.2 Å². The summed E-state index contributed by atoms with van der Waals surface area (Å²) in [5, 5.41) is 6.58. The Morgan fingerprint density at radius 2 is 1.92 bits per heavy atom. The van der Waals surface area contributed by atoms with E-state index >= 15 is 0 Å². The molecule has 1 N–H and O–H groups in total. The number of rotatable bonds is 4. The Bertz CT molecular complexity index is 869. The van der Waals surface area contributed by atoms with Crippen LogP contribution in [-0.4, -0.2) is 23.2 Å². The van der Waals surface area contributed by atoms with Crippen LogP contribution in [-0.2, 0) is 0 Å². The average Bonchev–Trinajstić information content (AvgIpc) is 3.03. The minimum atomic E-state index is -0.330. The maximum atomic E-state index is 12.2. The number of carbonyl (C=O) groups excluding carboxylic acids is 1. The number of hydrogen-bond acceptors (Lipinski definition) is 5. The highest BCUT2D eigenvalue weighted by Crippen LogP contribution is 2.26. The Morgan fingerprint density at radius 3 is 2.54 bits per heavy atom. The number of nitrogens with zero attached hydrogens (tertiary/aromatic N) is 2. The van der Waals surface area contributed by atoms with Crippen molar-refractivity contribution >= 4 is 11.6 Å². The van der Waals surface area contributed by atoms with Crippen LogP contribution in [0.5, 0.6) is 5.88 Å². The van der Waals surface area contributed by atoms with Gasteiger partial charge in [0.05, 0.1) is 12.8 Å². The first-order valence-electron chi connectivity index (χ1n) is 7.42. The van der Waals surface area contributed by atoms with Gasteiger partial charge in [-0.25, -0.2) is 4.98 Å². The summed E-state index contributed by atoms with van der Waals surface area (Å²) in [5.41, 5.74) is 4.20. The quantitative estimate of drug-likeness (QED) is 0.793. The van der Waals surface area contributed by atoms with Crippen LogP contribution in [0.15, 0.2) is 47.1 Å². The molecule has 122 valence electrons. The highest BCUT2D eigenvalue weighted by Gasteiger charge is 2.13. The lowest BCUT2D eigenvalue weighted by atomic mass is 10.0. The number of hydrogen-bond donors (Lipinski definition) is 1. The molecule has 0 saturated heterocycles. The molecule has 0 atom stereocenters. The molecule has 3 aromatic rings. The standard InChI is InChI=1S/C18H17N3O3/c1-11-4-5-13(14-6-7-17(23-3)19-10-14)9-15(11)20-18(22)16-8-12(2)21-24-16/h4-10H,1-3H3,(H,20,22). The summed E-state index contributed by atoms with van der Waals surface area (Å²) in [6.45, 7) is 3.69. The third-order valence-corrected chi connectivity index (χ3v) is 3.62. The third kappa shape index (κ3) is 3.27. The Morgan fingerprint density at radius 1 is 1.12 bits per heavy atom. The fraction of sp³-hybridized carbons (Fsp3) is 0.167. The summed E-state index contributed by atoms with van der Waals surface area (Å²) in [6.07, 6.45) is 1.73. The van der Waals surface area contributed by atoms with E-state index < -0.39 is 0 Å². The second kappa shape index (κ2) is 6.54. The number of pyridine rings is 1. The predicted octanol–water partition coefficient (Wildman–Crippen LogP) is 3.61. The maximum Gasteiger partial charge on any atom is 0.294 e. The molecule has 24 heavy (non-hydrogen) atoms. The van der Waals surface area contributed by atoms with E-state index in [1.165, 1.54) is 0 Å². The van der Waals surface area contributed by atoms with E-state index in [0.29, 0.717) is 17.3 Å². The van der Waals surface area contributed by atoms with Crippen molar-refractivity contribution in [1.82, 2.24) is 10.1 Å². The van der Waals surface area contributed by atoms with E-state index in [1.807, 2.05) is 31.2 Å². The van der Waals surface area contributed by atoms with Gasteiger partial charge in [-0.05, 0) is 37.1 Å². The van der Waals surface area contributed by atoms with Gasteiger partial charge in [0.1, 0.15) is 0 Å². The van der Waals surface area contributed by atoms with E-state index in [2.05, 4.69) is 15.5 Å². The zero-order chi connectivity index (χ0) is 17.1. The van der Waals surface area contributed by atoms with Crippen LogP contribution in [0.3, 0.4) is 0 Å². The fourth-order valence-electron chi connectivity index (χ4n) is 2.26. The van der Waals surface area contributed by atoms with Crippen molar-refractivity contribution in [2.45, 2.75) is 13.8 Å². The molecule has 0 unspecified atom stereocenters. The first-order valence-corrected chi connectivity index (χ1v) is 7.42. The number of anilines is 1. The molecule has 0 aliphatic heterocycles. The normalized spacial score (nSPS) is 10.5. The van der Waals surface area contributed by atoms with Crippen molar-refractivity contribution in [1.29, 1.82) is 0 Å². The molecule has 1 amide bonds. The summed E-state index contributed by atoms with van der Waals surface area (Å²) >= 11 is 0. The zero-order valence-corrected chi connectivity index (χ0v) is 13.7. The van der Waals surface area contributed by atoms with Crippen LogP contribution in [0.25, 0.3) is 11.1 Å². The van der Waals surface area contributed by atoms with Crippen LogP contribution in [0, 0.1) is 13.8 Å². The van der Waals surface area contributed by atoms with Crippen molar-refractivity contribution in [2.75, 3.05) is 12.4 Å². The minimum Gasteiger partial charge on any atom is -0.481 e. The number of nitrogens with one attached hydrogen (secondary N) is 1. The molecule has 0 saturated carbocycles. The molecule has 2 aromatic heterocycles. The monoisotopic (exact) mass is 323 g/mol. The van der Waals surface area contributed by atoms with Gasteiger partial charge in [0.15, 0.2) is 0 Å². The summed E-state index contributed by atoms with van der Waals surface area (Å²) < 4.78 is 10.1. The van der Waals surface area contributed by atoms with Crippen molar-refractivity contribution in [3.05, 3.63) is 59.6 Å². The van der Waals surface area contributed by atoms with E-state index in [4.69, 9.17) is 9.26 Å². The SMILES string of the molecule is COc1ccc(-c2ccc(C)c(NC(=O)c3cc(C)no3)c2)cn1. The highest BCUT2D eigenvalue weighted by molar-refractivity contribution is 6.03. The number of benzene rings is 1. The lowest BCUT2D eigenvalue weighted by Gasteiger charge is -2.10. The molecular weight excluding hydrogens is 306 g/mol. The first-order chi connectivity index (χ1) is 11.6. The van der Waals surface area contributed by atoms with Gasteiger partial charge >= 0.3 is 0 Å². The van der Waals surface area contributed by atoms with Gasteiger partial charge in [0.2, 0.25) is 11.6 Å². The summed E-state index contributed by atoms with van der Waals surface area (Å²) in [5.74, 6) is 0.409. The minimum absolute atomic E-state index is 0.184. The molecule has 2 heterocycles. The van der Waals surface area contributed by atoms with Gasteiger partial charge in [-0.2, -0.15) is 0 Å². The number of aryl methyl sites for hydroxylation is 2. The van der Waals surface area contributed by atoms with Crippen molar-refractivity contribution < 1.29 is 14.1 Å². The second-order valence-corrected chi connectivity index (χ2v) is 5.41. The molecule has 1 aromatic carbocycles. The summed E-state index contributed by atoms with van der Waals surface area (Å²) in [4.78, 5) is 16.4. The molecule has 0 aliphatic carbocycles. The maximum absolute atomic E-state index is 12.2. The van der Waals surface area contributed by atoms with E-state index in [-0.39, 0.29) is 11.7 Å². The van der Waals surface area contributed by atoms with Crippen LogP contribution in [0.1, 0.15) is 21.8 Å². The van der Waals surface area contributed by atoms with Crippen molar-refractivity contribution in [2.24, 2.45) is 0 Å². The molecule has 3 rings (SSSR count). The first kappa shape index (κ1) is 15.7. The van der Waals surface area contributed by atoms with Gasteiger partial charge in [-0.15, -0.1) is 0 Å². The van der Waals surface area contributed by atoms with Crippen LogP contribution < -0.4 is 10.1 Å². The van der Waals surface area contributed by atoms with E-state index in [0.717, 1.165) is 16.7 Å². The number of carbonyl (C=O) groups is 1. The number of aromatic nitrogens is 2. The van der Waals surface area contributed by atoms with Gasteiger partial charge < -0.3 is 14.6 Å². The summed E-state index contributed by atoms with van der Waals surface area (Å²) in [6, 6.07) is 11.1. The molecular formula is C18H17N3O3. The van der Waals surface area contributed by atoms with Crippen molar-refractivity contribution in [3.8, 4) is 17.0 Å². The lowest BCUT2D eigenvalue weighted by molar-refractivity contribution is 0.0988.